The molecule has 122 valence electrons. The van der Waals surface area contributed by atoms with E-state index in [2.05, 4.69) is 11.1 Å². The first-order valence-corrected chi connectivity index (χ1v) is 7.84. The van der Waals surface area contributed by atoms with Crippen molar-refractivity contribution in [2.75, 3.05) is 0 Å². The van der Waals surface area contributed by atoms with Crippen LogP contribution in [0.3, 0.4) is 0 Å². The summed E-state index contributed by atoms with van der Waals surface area (Å²) in [6.45, 7) is 4.03. The van der Waals surface area contributed by atoms with Crippen LogP contribution in [0.2, 0.25) is 0 Å². The first-order valence-electron chi connectivity index (χ1n) is 7.84. The van der Waals surface area contributed by atoms with Gasteiger partial charge >= 0.3 is 5.97 Å². The number of carbonyl (C=O) groups excluding carboxylic acids is 1. The summed E-state index contributed by atoms with van der Waals surface area (Å²) < 4.78 is 18.1. The Morgan fingerprint density at radius 1 is 1.08 bits per heavy atom. The number of cyclic esters (lactones) is 1. The fourth-order valence-electron chi connectivity index (χ4n) is 2.60. The normalized spacial score (nSPS) is 15.5. The molecule has 1 aliphatic heterocycles. The summed E-state index contributed by atoms with van der Waals surface area (Å²) in [4.78, 5) is 16.3. The molecule has 3 rings (SSSR count). The van der Waals surface area contributed by atoms with Gasteiger partial charge in [-0.15, -0.1) is 0 Å². The van der Waals surface area contributed by atoms with Gasteiger partial charge in [-0.2, -0.15) is 0 Å². The minimum atomic E-state index is -0.427. The van der Waals surface area contributed by atoms with Crippen LogP contribution in [0.25, 0.3) is 6.08 Å². The highest BCUT2D eigenvalue weighted by Gasteiger charge is 2.22. The summed E-state index contributed by atoms with van der Waals surface area (Å²) in [5.74, 6) is -0.286. The molecule has 0 aliphatic carbocycles. The lowest BCUT2D eigenvalue weighted by atomic mass is 10.0. The van der Waals surface area contributed by atoms with Crippen LogP contribution in [-0.2, 0) is 16.0 Å². The number of esters is 1. The highest BCUT2D eigenvalue weighted by molar-refractivity contribution is 6.07. The molecule has 0 radical (unpaired) electrons. The van der Waals surface area contributed by atoms with E-state index in [1.807, 2.05) is 26.0 Å². The Bertz CT molecular complexity index is 835. The van der Waals surface area contributed by atoms with E-state index in [9.17, 15) is 9.18 Å². The zero-order chi connectivity index (χ0) is 17.1. The van der Waals surface area contributed by atoms with Crippen LogP contribution in [0.5, 0.6) is 0 Å². The number of aryl methyl sites for hydroxylation is 3. The van der Waals surface area contributed by atoms with Crippen LogP contribution < -0.4 is 0 Å². The summed E-state index contributed by atoms with van der Waals surface area (Å²) in [6.07, 6.45) is 2.90. The zero-order valence-electron chi connectivity index (χ0n) is 13.7. The van der Waals surface area contributed by atoms with E-state index in [1.54, 1.807) is 18.2 Å². The summed E-state index contributed by atoms with van der Waals surface area (Å²) >= 11 is 0. The Labute approximate surface area is 140 Å². The maximum absolute atomic E-state index is 12.9. The van der Waals surface area contributed by atoms with E-state index < -0.39 is 5.97 Å². The second-order valence-corrected chi connectivity index (χ2v) is 5.91. The van der Waals surface area contributed by atoms with Gasteiger partial charge in [0.1, 0.15) is 5.82 Å². The molecular weight excluding hydrogens is 305 g/mol. The van der Waals surface area contributed by atoms with Gasteiger partial charge < -0.3 is 4.74 Å². The second kappa shape index (κ2) is 6.79. The van der Waals surface area contributed by atoms with E-state index in [0.717, 1.165) is 16.7 Å². The predicted molar refractivity (Wildman–Crippen MR) is 92.1 cm³/mol. The molecule has 0 amide bonds. The van der Waals surface area contributed by atoms with Crippen molar-refractivity contribution in [3.8, 4) is 0 Å². The van der Waals surface area contributed by atoms with E-state index >= 15 is 0 Å². The van der Waals surface area contributed by atoms with Gasteiger partial charge in [0.25, 0.3) is 0 Å². The van der Waals surface area contributed by atoms with Crippen molar-refractivity contribution in [2.24, 2.45) is 4.99 Å². The van der Waals surface area contributed by atoms with Crippen LogP contribution >= 0.6 is 0 Å². The summed E-state index contributed by atoms with van der Waals surface area (Å²) in [5.41, 5.74) is 4.51. The van der Waals surface area contributed by atoms with Crippen molar-refractivity contribution in [1.82, 2.24) is 0 Å². The molecule has 0 saturated heterocycles. The fraction of sp³-hybridized carbons (Fsp3) is 0.200. The predicted octanol–water partition coefficient (Wildman–Crippen LogP) is 4.37. The Hall–Kier alpha value is -2.75. The molecule has 0 N–H and O–H groups in total. The van der Waals surface area contributed by atoms with Crippen molar-refractivity contribution >= 4 is 17.9 Å². The van der Waals surface area contributed by atoms with Crippen LogP contribution in [0.1, 0.15) is 28.7 Å². The Morgan fingerprint density at radius 3 is 2.54 bits per heavy atom. The second-order valence-electron chi connectivity index (χ2n) is 5.91. The molecule has 1 heterocycles. The van der Waals surface area contributed by atoms with Gasteiger partial charge in [-0.1, -0.05) is 35.9 Å². The lowest BCUT2D eigenvalue weighted by Gasteiger charge is -2.01. The number of hydrogen-bond donors (Lipinski definition) is 0. The van der Waals surface area contributed by atoms with Crippen LogP contribution in [-0.4, -0.2) is 11.9 Å². The van der Waals surface area contributed by atoms with Gasteiger partial charge in [0.05, 0.1) is 0 Å². The Balaban J connectivity index is 1.72. The number of nitrogens with zero attached hydrogens (tertiary/aromatic N) is 1. The first kappa shape index (κ1) is 16.1. The molecule has 2 aromatic carbocycles. The monoisotopic (exact) mass is 323 g/mol. The van der Waals surface area contributed by atoms with E-state index in [0.29, 0.717) is 24.4 Å². The van der Waals surface area contributed by atoms with Crippen molar-refractivity contribution < 1.29 is 13.9 Å². The standard InChI is InChI=1S/C20H18FNO2/c1-13-3-7-16(14(2)11-13)12-18-20(23)24-19(22-18)10-6-15-4-8-17(21)9-5-15/h3-5,7-9,11-12H,6,10H2,1-2H3/b18-12-. The van der Waals surface area contributed by atoms with Gasteiger partial charge in [-0.25, -0.2) is 14.2 Å². The lowest BCUT2D eigenvalue weighted by molar-refractivity contribution is -0.130. The number of rotatable bonds is 4. The highest BCUT2D eigenvalue weighted by atomic mass is 19.1. The Morgan fingerprint density at radius 2 is 1.83 bits per heavy atom. The molecule has 24 heavy (non-hydrogen) atoms. The molecule has 0 bridgehead atoms. The van der Waals surface area contributed by atoms with E-state index in [-0.39, 0.29) is 5.82 Å². The zero-order valence-corrected chi connectivity index (χ0v) is 13.7. The molecular formula is C20H18FNO2. The molecule has 4 heteroatoms. The van der Waals surface area contributed by atoms with Gasteiger partial charge in [0, 0.05) is 6.42 Å². The quantitative estimate of drug-likeness (QED) is 0.619. The lowest BCUT2D eigenvalue weighted by Crippen LogP contribution is -2.05. The van der Waals surface area contributed by atoms with Gasteiger partial charge in [-0.05, 0) is 55.2 Å². The third-order valence-corrected chi connectivity index (χ3v) is 3.92. The maximum atomic E-state index is 12.9. The van der Waals surface area contributed by atoms with Gasteiger partial charge in [0.2, 0.25) is 0 Å². The first-order chi connectivity index (χ1) is 11.5. The van der Waals surface area contributed by atoms with Crippen molar-refractivity contribution in [3.63, 3.8) is 0 Å². The molecule has 0 fully saturated rings. The summed E-state index contributed by atoms with van der Waals surface area (Å²) in [7, 11) is 0. The fourth-order valence-corrected chi connectivity index (χ4v) is 2.60. The average molecular weight is 323 g/mol. The van der Waals surface area contributed by atoms with E-state index in [1.165, 1.54) is 17.7 Å². The summed E-state index contributed by atoms with van der Waals surface area (Å²) in [5, 5.41) is 0. The number of carbonyl (C=O) groups is 1. The number of ether oxygens (including phenoxy) is 1. The minimum absolute atomic E-state index is 0.262. The maximum Gasteiger partial charge on any atom is 0.363 e. The van der Waals surface area contributed by atoms with Crippen molar-refractivity contribution in [1.29, 1.82) is 0 Å². The highest BCUT2D eigenvalue weighted by Crippen LogP contribution is 2.20. The Kier molecular flexibility index (Phi) is 4.56. The molecule has 2 aromatic rings. The topological polar surface area (TPSA) is 38.7 Å². The van der Waals surface area contributed by atoms with Crippen LogP contribution in [0, 0.1) is 19.7 Å². The average Bonchev–Trinajstić information content (AvgIpc) is 2.89. The smallest absolute Gasteiger partial charge is 0.363 e. The number of hydrogen-bond acceptors (Lipinski definition) is 3. The third kappa shape index (κ3) is 3.77. The molecule has 0 saturated carbocycles. The van der Waals surface area contributed by atoms with Gasteiger partial charge in [0.15, 0.2) is 11.6 Å². The largest absolute Gasteiger partial charge is 0.407 e. The van der Waals surface area contributed by atoms with Gasteiger partial charge in [-0.3, -0.25) is 0 Å². The van der Waals surface area contributed by atoms with Crippen LogP contribution in [0.15, 0.2) is 53.2 Å². The molecule has 0 spiro atoms. The molecule has 0 unspecified atom stereocenters. The number of halogens is 1. The van der Waals surface area contributed by atoms with E-state index in [4.69, 9.17) is 4.74 Å². The van der Waals surface area contributed by atoms with Crippen LogP contribution in [0.4, 0.5) is 4.39 Å². The van der Waals surface area contributed by atoms with Crippen molar-refractivity contribution in [3.05, 3.63) is 76.2 Å². The molecule has 1 aliphatic rings. The third-order valence-electron chi connectivity index (χ3n) is 3.92. The molecule has 3 nitrogen and oxygen atoms in total. The molecule has 0 atom stereocenters. The SMILES string of the molecule is Cc1ccc(/C=C2\N=C(CCc3ccc(F)cc3)OC2=O)c(C)c1. The summed E-state index contributed by atoms with van der Waals surface area (Å²) in [6, 6.07) is 12.3. The molecule has 0 aromatic heterocycles. The van der Waals surface area contributed by atoms with Crippen molar-refractivity contribution in [2.45, 2.75) is 26.7 Å². The number of aliphatic imine (C=N–C) groups is 1. The minimum Gasteiger partial charge on any atom is -0.407 e. The number of benzene rings is 2.